The second kappa shape index (κ2) is 6.80. The molecule has 0 aromatic heterocycles. The van der Waals surface area contributed by atoms with Crippen LogP contribution in [0.4, 0.5) is 0 Å². The van der Waals surface area contributed by atoms with Crippen LogP contribution in [0.1, 0.15) is 38.3 Å². The minimum atomic E-state index is -0.519. The van der Waals surface area contributed by atoms with Gasteiger partial charge in [0.2, 0.25) is 0 Å². The molecule has 1 amide bonds. The molecule has 1 rings (SSSR count). The van der Waals surface area contributed by atoms with E-state index in [0.29, 0.717) is 5.75 Å². The summed E-state index contributed by atoms with van der Waals surface area (Å²) in [6, 6.07) is 3.86. The highest BCUT2D eigenvalue weighted by Gasteiger charge is 2.16. The van der Waals surface area contributed by atoms with E-state index >= 15 is 0 Å². The van der Waals surface area contributed by atoms with Gasteiger partial charge in [0.15, 0.2) is 6.10 Å². The van der Waals surface area contributed by atoms with E-state index in [-0.39, 0.29) is 11.9 Å². The highest BCUT2D eigenvalue weighted by Crippen LogP contribution is 2.26. The van der Waals surface area contributed by atoms with Crippen LogP contribution in [0.2, 0.25) is 5.02 Å². The van der Waals surface area contributed by atoms with Gasteiger partial charge in [-0.1, -0.05) is 18.5 Å². The number of halogens is 1. The van der Waals surface area contributed by atoms with Gasteiger partial charge < -0.3 is 10.1 Å². The molecule has 0 saturated carbocycles. The third kappa shape index (κ3) is 4.43. The average Bonchev–Trinajstić information content (AvgIpc) is 2.35. The Morgan fingerprint density at radius 3 is 2.32 bits per heavy atom. The maximum absolute atomic E-state index is 11.9. The molecule has 0 saturated heterocycles. The van der Waals surface area contributed by atoms with Gasteiger partial charge in [0.25, 0.3) is 5.91 Å². The van der Waals surface area contributed by atoms with Crippen molar-refractivity contribution in [2.45, 2.75) is 53.2 Å². The van der Waals surface area contributed by atoms with E-state index in [4.69, 9.17) is 16.3 Å². The van der Waals surface area contributed by atoms with Crippen LogP contribution in [0.15, 0.2) is 12.1 Å². The summed E-state index contributed by atoms with van der Waals surface area (Å²) < 4.78 is 5.67. The summed E-state index contributed by atoms with van der Waals surface area (Å²) >= 11 is 6.10. The summed E-state index contributed by atoms with van der Waals surface area (Å²) in [6.07, 6.45) is 0.381. The van der Waals surface area contributed by atoms with E-state index in [1.54, 1.807) is 6.92 Å². The maximum Gasteiger partial charge on any atom is 0.260 e. The first kappa shape index (κ1) is 15.8. The molecule has 106 valence electrons. The van der Waals surface area contributed by atoms with Crippen molar-refractivity contribution in [3.63, 3.8) is 0 Å². The second-order valence-electron chi connectivity index (χ2n) is 4.95. The molecule has 3 nitrogen and oxygen atoms in total. The highest BCUT2D eigenvalue weighted by atomic mass is 35.5. The first-order valence-electron chi connectivity index (χ1n) is 6.59. The number of amides is 1. The largest absolute Gasteiger partial charge is 0.481 e. The van der Waals surface area contributed by atoms with Crippen molar-refractivity contribution in [2.75, 3.05) is 0 Å². The van der Waals surface area contributed by atoms with Crippen LogP contribution in [0.25, 0.3) is 0 Å². The van der Waals surface area contributed by atoms with Crippen LogP contribution >= 0.6 is 11.6 Å². The molecule has 2 unspecified atom stereocenters. The van der Waals surface area contributed by atoms with Crippen molar-refractivity contribution in [1.29, 1.82) is 0 Å². The molecular weight excluding hydrogens is 262 g/mol. The number of carbonyl (C=O) groups is 1. The Kier molecular flexibility index (Phi) is 5.67. The monoisotopic (exact) mass is 283 g/mol. The third-order valence-electron chi connectivity index (χ3n) is 3.09. The molecular formula is C15H22ClNO2. The van der Waals surface area contributed by atoms with Crippen molar-refractivity contribution >= 4 is 17.5 Å². The fraction of sp³-hybridized carbons (Fsp3) is 0.533. The van der Waals surface area contributed by atoms with Gasteiger partial charge in [0, 0.05) is 11.1 Å². The molecule has 0 aliphatic heterocycles. The normalized spacial score (nSPS) is 13.8. The van der Waals surface area contributed by atoms with E-state index in [1.165, 1.54) is 0 Å². The number of carbonyl (C=O) groups excluding carboxylic acids is 1. The summed E-state index contributed by atoms with van der Waals surface area (Å²) in [4.78, 5) is 11.9. The summed E-state index contributed by atoms with van der Waals surface area (Å²) in [5, 5.41) is 3.64. The van der Waals surface area contributed by atoms with E-state index in [1.807, 2.05) is 39.8 Å². The number of ether oxygens (including phenoxy) is 1. The maximum atomic E-state index is 11.9. The topological polar surface area (TPSA) is 38.3 Å². The average molecular weight is 284 g/mol. The van der Waals surface area contributed by atoms with E-state index in [9.17, 15) is 4.79 Å². The molecule has 1 aromatic rings. The van der Waals surface area contributed by atoms with Gasteiger partial charge in [0.1, 0.15) is 5.75 Å². The molecule has 4 heteroatoms. The zero-order chi connectivity index (χ0) is 14.6. The Morgan fingerprint density at radius 2 is 1.84 bits per heavy atom. The van der Waals surface area contributed by atoms with Crippen molar-refractivity contribution in [3.8, 4) is 5.75 Å². The molecule has 0 spiro atoms. The molecule has 0 heterocycles. The predicted molar refractivity (Wildman–Crippen MR) is 78.9 cm³/mol. The van der Waals surface area contributed by atoms with Crippen molar-refractivity contribution in [3.05, 3.63) is 28.3 Å². The fourth-order valence-electron chi connectivity index (χ4n) is 1.69. The SMILES string of the molecule is CCC(C)NC(=O)C(C)Oc1cc(C)c(Cl)c(C)c1. The van der Waals surface area contributed by atoms with E-state index in [2.05, 4.69) is 5.32 Å². The smallest absolute Gasteiger partial charge is 0.260 e. The quantitative estimate of drug-likeness (QED) is 0.896. The van der Waals surface area contributed by atoms with Crippen LogP contribution in [-0.4, -0.2) is 18.1 Å². The van der Waals surface area contributed by atoms with Crippen molar-refractivity contribution in [2.24, 2.45) is 0 Å². The first-order chi connectivity index (χ1) is 8.85. The van der Waals surface area contributed by atoms with Gasteiger partial charge in [-0.3, -0.25) is 4.79 Å². The van der Waals surface area contributed by atoms with E-state index in [0.717, 1.165) is 22.6 Å². The summed E-state index contributed by atoms with van der Waals surface area (Å²) in [5.41, 5.74) is 1.90. The Hall–Kier alpha value is -1.22. The minimum Gasteiger partial charge on any atom is -0.481 e. The van der Waals surface area contributed by atoms with Crippen LogP contribution in [0, 0.1) is 13.8 Å². The minimum absolute atomic E-state index is 0.0976. The summed E-state index contributed by atoms with van der Waals surface area (Å²) in [7, 11) is 0. The van der Waals surface area contributed by atoms with Gasteiger partial charge in [-0.15, -0.1) is 0 Å². The number of rotatable bonds is 5. The molecule has 19 heavy (non-hydrogen) atoms. The third-order valence-corrected chi connectivity index (χ3v) is 3.69. The fourth-order valence-corrected chi connectivity index (χ4v) is 1.80. The summed E-state index contributed by atoms with van der Waals surface area (Å²) in [6.45, 7) is 9.60. The number of nitrogens with one attached hydrogen (secondary N) is 1. The van der Waals surface area contributed by atoms with Gasteiger partial charge in [0.05, 0.1) is 0 Å². The molecule has 0 radical (unpaired) electrons. The highest BCUT2D eigenvalue weighted by molar-refractivity contribution is 6.32. The number of benzene rings is 1. The van der Waals surface area contributed by atoms with Crippen LogP contribution in [0.3, 0.4) is 0 Å². The Labute approximate surface area is 120 Å². The lowest BCUT2D eigenvalue weighted by atomic mass is 10.1. The number of aryl methyl sites for hydroxylation is 2. The molecule has 0 aliphatic carbocycles. The zero-order valence-corrected chi connectivity index (χ0v) is 13.0. The Bertz CT molecular complexity index is 436. The zero-order valence-electron chi connectivity index (χ0n) is 12.2. The van der Waals surface area contributed by atoms with Gasteiger partial charge in [-0.25, -0.2) is 0 Å². The lowest BCUT2D eigenvalue weighted by Crippen LogP contribution is -2.41. The van der Waals surface area contributed by atoms with Crippen LogP contribution < -0.4 is 10.1 Å². The molecule has 0 aliphatic rings. The molecule has 1 N–H and O–H groups in total. The predicted octanol–water partition coefficient (Wildman–Crippen LogP) is 3.64. The lowest BCUT2D eigenvalue weighted by Gasteiger charge is -2.18. The van der Waals surface area contributed by atoms with Gasteiger partial charge >= 0.3 is 0 Å². The molecule has 2 atom stereocenters. The van der Waals surface area contributed by atoms with Gasteiger partial charge in [-0.2, -0.15) is 0 Å². The summed E-state index contributed by atoms with van der Waals surface area (Å²) in [5.74, 6) is 0.575. The van der Waals surface area contributed by atoms with Crippen LogP contribution in [0.5, 0.6) is 5.75 Å². The number of hydrogen-bond donors (Lipinski definition) is 1. The Morgan fingerprint density at radius 1 is 1.32 bits per heavy atom. The van der Waals surface area contributed by atoms with Crippen LogP contribution in [-0.2, 0) is 4.79 Å². The van der Waals surface area contributed by atoms with Crippen molar-refractivity contribution < 1.29 is 9.53 Å². The van der Waals surface area contributed by atoms with Crippen molar-refractivity contribution in [1.82, 2.24) is 5.32 Å². The number of hydrogen-bond acceptors (Lipinski definition) is 2. The molecule has 1 aromatic carbocycles. The van der Waals surface area contributed by atoms with Gasteiger partial charge in [-0.05, 0) is 57.4 Å². The van der Waals surface area contributed by atoms with E-state index < -0.39 is 6.10 Å². The lowest BCUT2D eigenvalue weighted by molar-refractivity contribution is -0.127. The Balaban J connectivity index is 2.71. The molecule has 0 bridgehead atoms. The second-order valence-corrected chi connectivity index (χ2v) is 5.33. The molecule has 0 fully saturated rings. The standard InChI is InChI=1S/C15H22ClNO2/c1-6-11(4)17-15(18)12(5)19-13-7-9(2)14(16)10(3)8-13/h7-8,11-12H,6H2,1-5H3,(H,17,18). The first-order valence-corrected chi connectivity index (χ1v) is 6.96.